The summed E-state index contributed by atoms with van der Waals surface area (Å²) < 4.78 is 36.5. The Balaban J connectivity index is 1.65. The number of nitrogens with one attached hydrogen (secondary N) is 3. The molecule has 0 bridgehead atoms. The summed E-state index contributed by atoms with van der Waals surface area (Å²) in [5.41, 5.74) is 13.1. The molecule has 1 aromatic heterocycles. The monoisotopic (exact) mass is 741 g/mol. The van der Waals surface area contributed by atoms with Crippen LogP contribution in [0.1, 0.15) is 57.3 Å². The van der Waals surface area contributed by atoms with Crippen LogP contribution < -0.4 is 27.4 Å². The van der Waals surface area contributed by atoms with Gasteiger partial charge in [0, 0.05) is 74.6 Å². The molecule has 0 radical (unpaired) electrons. The first-order chi connectivity index (χ1) is 25.2. The third-order valence-corrected chi connectivity index (χ3v) is 8.44. The number of carbonyl (C=O) groups excluding carboxylic acids is 4. The van der Waals surface area contributed by atoms with Gasteiger partial charge in [-0.2, -0.15) is 0 Å². The van der Waals surface area contributed by atoms with Crippen molar-refractivity contribution in [3.8, 4) is 11.1 Å². The number of aromatic nitrogens is 1. The second kappa shape index (κ2) is 21.1. The molecule has 0 unspecified atom stereocenters. The topological polar surface area (TPSA) is 194 Å². The van der Waals surface area contributed by atoms with Crippen molar-refractivity contribution in [2.45, 2.75) is 58.7 Å². The molecule has 2 aromatic carbocycles. The molecule has 0 saturated carbocycles. The quantitative estimate of drug-likeness (QED) is 0.0895. The zero-order chi connectivity index (χ0) is 39.0. The molecule has 0 fully saturated rings. The molecule has 0 spiro atoms. The molecule has 0 saturated heterocycles. The van der Waals surface area contributed by atoms with Gasteiger partial charge in [0.05, 0.1) is 25.8 Å². The number of nitrogens with two attached hydrogens (primary N) is 2. The fraction of sp³-hybridized carbons (Fsp3) is 0.474. The molecule has 4 amide bonds. The number of hydrogen-bond donors (Lipinski definition) is 6. The Labute approximate surface area is 309 Å². The van der Waals surface area contributed by atoms with Crippen LogP contribution in [-0.4, -0.2) is 96.8 Å². The molecule has 0 aliphatic heterocycles. The van der Waals surface area contributed by atoms with Gasteiger partial charge in [0.15, 0.2) is 0 Å². The first kappa shape index (κ1) is 42.7. The van der Waals surface area contributed by atoms with Gasteiger partial charge < -0.3 is 46.7 Å². The third-order valence-electron chi connectivity index (χ3n) is 8.44. The number of halogens is 2. The lowest BCUT2D eigenvalue weighted by Gasteiger charge is -2.41. The van der Waals surface area contributed by atoms with E-state index in [1.807, 2.05) is 55.7 Å². The van der Waals surface area contributed by atoms with Crippen LogP contribution in [0.15, 0.2) is 60.8 Å². The summed E-state index contributed by atoms with van der Waals surface area (Å²) in [6.45, 7) is 6.65. The van der Waals surface area contributed by atoms with Crippen LogP contribution in [-0.2, 0) is 30.5 Å². The normalized spacial score (nSPS) is 12.5. The van der Waals surface area contributed by atoms with Gasteiger partial charge in [-0.1, -0.05) is 51.1 Å². The highest BCUT2D eigenvalue weighted by atomic mass is 19.1. The van der Waals surface area contributed by atoms with E-state index in [1.165, 1.54) is 0 Å². The molecule has 0 aliphatic carbocycles. The van der Waals surface area contributed by atoms with Crippen molar-refractivity contribution < 1.29 is 37.8 Å². The Morgan fingerprint density at radius 1 is 0.925 bits per heavy atom. The van der Waals surface area contributed by atoms with Gasteiger partial charge in [-0.15, -0.1) is 0 Å². The standard InChI is InChI=1S/C38H53F2N7O6/c1-38(2,3)37(32-19-27(30-20-28(39)9-10-31(30)40)24-46(32)23-26-7-5-4-6-8-26)47(36(52)25-48)16-13-29(42)22-45-34(50)12-11-33(49)43-14-17-53-18-15-44-35(51)21-41/h4-10,19-20,24,29,37,48H,11-18,21-23,25,41-42H2,1-3H3,(H,43,49)(H,44,51)(H,45,50)/t29-,37-/m0/s1. The molecule has 2 atom stereocenters. The van der Waals surface area contributed by atoms with Gasteiger partial charge in [-0.25, -0.2) is 8.78 Å². The Morgan fingerprint density at radius 3 is 2.19 bits per heavy atom. The maximum atomic E-state index is 15.0. The Morgan fingerprint density at radius 2 is 1.57 bits per heavy atom. The van der Waals surface area contributed by atoms with Crippen LogP contribution in [0.5, 0.6) is 0 Å². The van der Waals surface area contributed by atoms with Crippen molar-refractivity contribution >= 4 is 23.6 Å². The lowest BCUT2D eigenvalue weighted by Crippen LogP contribution is -2.46. The molecule has 8 N–H and O–H groups in total. The van der Waals surface area contributed by atoms with Crippen molar-refractivity contribution in [2.75, 3.05) is 52.5 Å². The van der Waals surface area contributed by atoms with Crippen molar-refractivity contribution in [1.29, 1.82) is 0 Å². The van der Waals surface area contributed by atoms with E-state index in [-0.39, 0.29) is 81.9 Å². The van der Waals surface area contributed by atoms with E-state index in [9.17, 15) is 33.1 Å². The van der Waals surface area contributed by atoms with Crippen LogP contribution in [0.25, 0.3) is 11.1 Å². The van der Waals surface area contributed by atoms with Crippen LogP contribution in [0.3, 0.4) is 0 Å². The summed E-state index contributed by atoms with van der Waals surface area (Å²) in [7, 11) is 0. The lowest BCUT2D eigenvalue weighted by molar-refractivity contribution is -0.139. The Bertz CT molecular complexity index is 1650. The predicted octanol–water partition coefficient (Wildman–Crippen LogP) is 2.21. The van der Waals surface area contributed by atoms with Crippen molar-refractivity contribution in [2.24, 2.45) is 16.9 Å². The maximum Gasteiger partial charge on any atom is 0.248 e. The highest BCUT2D eigenvalue weighted by molar-refractivity contribution is 5.83. The van der Waals surface area contributed by atoms with Crippen LogP contribution in [0, 0.1) is 17.0 Å². The number of carbonyl (C=O) groups is 4. The minimum Gasteiger partial charge on any atom is -0.387 e. The number of hydrogen-bond acceptors (Lipinski definition) is 8. The van der Waals surface area contributed by atoms with Crippen LogP contribution >= 0.6 is 0 Å². The molecule has 1 heterocycles. The minimum absolute atomic E-state index is 0.0379. The summed E-state index contributed by atoms with van der Waals surface area (Å²) in [5, 5.41) is 18.0. The number of rotatable bonds is 21. The smallest absolute Gasteiger partial charge is 0.248 e. The highest BCUT2D eigenvalue weighted by Crippen LogP contribution is 2.41. The van der Waals surface area contributed by atoms with Gasteiger partial charge in [0.1, 0.15) is 18.2 Å². The zero-order valence-electron chi connectivity index (χ0n) is 30.7. The number of amides is 4. The first-order valence-corrected chi connectivity index (χ1v) is 17.7. The van der Waals surface area contributed by atoms with Gasteiger partial charge >= 0.3 is 0 Å². The number of aliphatic hydroxyl groups is 1. The second-order valence-corrected chi connectivity index (χ2v) is 13.8. The first-order valence-electron chi connectivity index (χ1n) is 17.7. The molecule has 3 rings (SSSR count). The second-order valence-electron chi connectivity index (χ2n) is 13.8. The van der Waals surface area contributed by atoms with Crippen LogP contribution in [0.4, 0.5) is 8.78 Å². The van der Waals surface area contributed by atoms with E-state index in [1.54, 1.807) is 17.2 Å². The summed E-state index contributed by atoms with van der Waals surface area (Å²) in [6, 6.07) is 13.4. The number of aliphatic hydroxyl groups excluding tert-OH is 1. The molecule has 3 aromatic rings. The molecular formula is C38H53F2N7O6. The highest BCUT2D eigenvalue weighted by Gasteiger charge is 2.37. The van der Waals surface area contributed by atoms with E-state index in [2.05, 4.69) is 16.0 Å². The molecule has 15 heteroatoms. The van der Waals surface area contributed by atoms with E-state index in [0.717, 1.165) is 23.8 Å². The largest absolute Gasteiger partial charge is 0.387 e. The summed E-state index contributed by atoms with van der Waals surface area (Å²) >= 11 is 0. The van der Waals surface area contributed by atoms with Gasteiger partial charge in [-0.05, 0) is 41.7 Å². The number of benzene rings is 2. The fourth-order valence-electron chi connectivity index (χ4n) is 5.86. The van der Waals surface area contributed by atoms with E-state index < -0.39 is 41.6 Å². The summed E-state index contributed by atoms with van der Waals surface area (Å²) in [4.78, 5) is 50.7. The van der Waals surface area contributed by atoms with Crippen molar-refractivity contribution in [3.63, 3.8) is 0 Å². The summed E-state index contributed by atoms with van der Waals surface area (Å²) in [5.74, 6) is -2.69. The molecule has 53 heavy (non-hydrogen) atoms. The van der Waals surface area contributed by atoms with Gasteiger partial charge in [0.25, 0.3) is 0 Å². The minimum atomic E-state index is -0.759. The average Bonchev–Trinajstić information content (AvgIpc) is 3.53. The third kappa shape index (κ3) is 14.0. The number of ether oxygens (including phenoxy) is 1. The molecule has 13 nitrogen and oxygen atoms in total. The van der Waals surface area contributed by atoms with Crippen molar-refractivity contribution in [1.82, 2.24) is 25.4 Å². The van der Waals surface area contributed by atoms with Crippen LogP contribution in [0.2, 0.25) is 0 Å². The molecular weight excluding hydrogens is 688 g/mol. The van der Waals surface area contributed by atoms with E-state index in [0.29, 0.717) is 24.3 Å². The van der Waals surface area contributed by atoms with E-state index >= 15 is 0 Å². The average molecular weight is 742 g/mol. The Kier molecular flexibility index (Phi) is 17.0. The fourth-order valence-corrected chi connectivity index (χ4v) is 5.86. The summed E-state index contributed by atoms with van der Waals surface area (Å²) in [6.07, 6.45) is 1.91. The molecule has 0 aliphatic rings. The maximum absolute atomic E-state index is 15.0. The lowest BCUT2D eigenvalue weighted by atomic mass is 9.82. The SMILES string of the molecule is CC(C)(C)[C@H](c1cc(-c2cc(F)ccc2F)cn1Cc1ccccc1)N(CC[C@H](N)CNC(=O)CCC(=O)NCCOCCNC(=O)CN)C(=O)CO. The molecule has 290 valence electrons. The van der Waals surface area contributed by atoms with Crippen molar-refractivity contribution in [3.05, 3.63) is 83.7 Å². The number of nitrogens with zero attached hydrogens (tertiary/aromatic N) is 2. The Hall–Kier alpha value is -4.70. The van der Waals surface area contributed by atoms with E-state index in [4.69, 9.17) is 16.2 Å². The predicted molar refractivity (Wildman–Crippen MR) is 197 cm³/mol. The van der Waals surface area contributed by atoms with Gasteiger partial charge in [0.2, 0.25) is 23.6 Å². The van der Waals surface area contributed by atoms with Gasteiger partial charge in [-0.3, -0.25) is 19.2 Å². The zero-order valence-corrected chi connectivity index (χ0v) is 30.7.